The lowest BCUT2D eigenvalue weighted by atomic mass is 9.96. The molecule has 2 N–H and O–H groups in total. The van der Waals surface area contributed by atoms with Crippen molar-refractivity contribution >= 4 is 0 Å². The van der Waals surface area contributed by atoms with Crippen molar-refractivity contribution in [1.82, 2.24) is 5.32 Å². The van der Waals surface area contributed by atoms with Crippen LogP contribution < -0.4 is 14.8 Å². The number of hydrogen-bond acceptors (Lipinski definition) is 4. The van der Waals surface area contributed by atoms with Gasteiger partial charge in [-0.1, -0.05) is 6.42 Å². The highest BCUT2D eigenvalue weighted by Crippen LogP contribution is 2.41. The van der Waals surface area contributed by atoms with Gasteiger partial charge in [0, 0.05) is 11.6 Å². The number of fused-ring (bicyclic) bond motifs is 1. The maximum Gasteiger partial charge on any atom is 0.231 e. The maximum atomic E-state index is 9.94. The smallest absolute Gasteiger partial charge is 0.231 e. The normalized spacial score (nSPS) is 22.7. The molecular formula is C13H17NO3. The first-order valence-corrected chi connectivity index (χ1v) is 6.18. The molecule has 0 amide bonds. The summed E-state index contributed by atoms with van der Waals surface area (Å²) in [5.74, 6) is 1.77. The van der Waals surface area contributed by atoms with E-state index in [1.165, 1.54) is 12.8 Å². The second kappa shape index (κ2) is 4.45. The van der Waals surface area contributed by atoms with Crippen LogP contribution in [0.4, 0.5) is 0 Å². The van der Waals surface area contributed by atoms with Crippen LogP contribution in [0.2, 0.25) is 0 Å². The van der Waals surface area contributed by atoms with Crippen LogP contribution in [0.3, 0.4) is 0 Å². The first kappa shape index (κ1) is 10.7. The van der Waals surface area contributed by atoms with Gasteiger partial charge in [-0.05, 0) is 37.9 Å². The number of aromatic hydroxyl groups is 1. The van der Waals surface area contributed by atoms with Crippen LogP contribution in [0.5, 0.6) is 17.2 Å². The summed E-state index contributed by atoms with van der Waals surface area (Å²) in [4.78, 5) is 0. The van der Waals surface area contributed by atoms with Gasteiger partial charge in [0.25, 0.3) is 0 Å². The highest BCUT2D eigenvalue weighted by atomic mass is 16.7. The van der Waals surface area contributed by atoms with Gasteiger partial charge < -0.3 is 19.9 Å². The minimum absolute atomic E-state index is 0.254. The van der Waals surface area contributed by atoms with Crippen molar-refractivity contribution in [3.63, 3.8) is 0 Å². The van der Waals surface area contributed by atoms with Crippen LogP contribution >= 0.6 is 0 Å². The van der Waals surface area contributed by atoms with E-state index in [1.807, 2.05) is 0 Å². The second-order valence-corrected chi connectivity index (χ2v) is 4.65. The number of nitrogens with one attached hydrogen (secondary N) is 1. The fourth-order valence-electron chi connectivity index (χ4n) is 2.56. The van der Waals surface area contributed by atoms with Crippen LogP contribution in [-0.2, 0) is 6.42 Å². The zero-order chi connectivity index (χ0) is 11.7. The van der Waals surface area contributed by atoms with E-state index in [0.29, 0.717) is 11.8 Å². The van der Waals surface area contributed by atoms with Gasteiger partial charge in [0.05, 0.1) is 0 Å². The molecule has 1 aromatic rings. The Bertz CT molecular complexity index is 413. The van der Waals surface area contributed by atoms with Gasteiger partial charge in [0.15, 0.2) is 11.5 Å². The third-order valence-electron chi connectivity index (χ3n) is 3.48. The molecule has 1 aromatic carbocycles. The molecular weight excluding hydrogens is 218 g/mol. The molecule has 1 saturated heterocycles. The molecule has 1 unspecified atom stereocenters. The molecule has 0 saturated carbocycles. The topological polar surface area (TPSA) is 50.7 Å². The zero-order valence-electron chi connectivity index (χ0n) is 9.74. The number of hydrogen-bond donors (Lipinski definition) is 2. The molecule has 0 aliphatic carbocycles. The lowest BCUT2D eigenvalue weighted by molar-refractivity contribution is 0.173. The molecule has 1 atom stereocenters. The predicted octanol–water partition coefficient (Wildman–Crippen LogP) is 1.81. The first-order valence-electron chi connectivity index (χ1n) is 6.18. The monoisotopic (exact) mass is 235 g/mol. The minimum atomic E-state index is 0.254. The number of rotatable bonds is 2. The summed E-state index contributed by atoms with van der Waals surface area (Å²) in [7, 11) is 0. The second-order valence-electron chi connectivity index (χ2n) is 4.65. The van der Waals surface area contributed by atoms with Gasteiger partial charge in [-0.2, -0.15) is 0 Å². The minimum Gasteiger partial charge on any atom is -0.508 e. The van der Waals surface area contributed by atoms with E-state index >= 15 is 0 Å². The van der Waals surface area contributed by atoms with Crippen LogP contribution in [-0.4, -0.2) is 24.5 Å². The Morgan fingerprint density at radius 3 is 3.06 bits per heavy atom. The average molecular weight is 235 g/mol. The highest BCUT2D eigenvalue weighted by Gasteiger charge is 2.23. The Kier molecular flexibility index (Phi) is 2.81. The predicted molar refractivity (Wildman–Crippen MR) is 63.6 cm³/mol. The largest absolute Gasteiger partial charge is 0.508 e. The van der Waals surface area contributed by atoms with E-state index in [-0.39, 0.29) is 6.79 Å². The van der Waals surface area contributed by atoms with Crippen LogP contribution in [0.25, 0.3) is 0 Å². The number of piperidine rings is 1. The lowest BCUT2D eigenvalue weighted by Crippen LogP contribution is -2.35. The van der Waals surface area contributed by atoms with Gasteiger partial charge in [-0.25, -0.2) is 0 Å². The van der Waals surface area contributed by atoms with Gasteiger partial charge in [-0.15, -0.1) is 0 Å². The quantitative estimate of drug-likeness (QED) is 0.820. The molecule has 3 rings (SSSR count). The van der Waals surface area contributed by atoms with Crippen LogP contribution in [0, 0.1) is 0 Å². The molecule has 0 aromatic heterocycles. The zero-order valence-corrected chi connectivity index (χ0v) is 9.74. The van der Waals surface area contributed by atoms with Crippen molar-refractivity contribution in [3.8, 4) is 17.2 Å². The fraction of sp³-hybridized carbons (Fsp3) is 0.538. The Morgan fingerprint density at radius 1 is 1.29 bits per heavy atom. The molecule has 92 valence electrons. The van der Waals surface area contributed by atoms with E-state index in [1.54, 1.807) is 12.1 Å². The molecule has 0 radical (unpaired) electrons. The van der Waals surface area contributed by atoms with Crippen molar-refractivity contribution in [1.29, 1.82) is 0 Å². The summed E-state index contributed by atoms with van der Waals surface area (Å²) < 4.78 is 10.8. The van der Waals surface area contributed by atoms with E-state index in [0.717, 1.165) is 36.4 Å². The number of phenolic OH excluding ortho intramolecular Hbond substituents is 1. The van der Waals surface area contributed by atoms with Gasteiger partial charge in [-0.3, -0.25) is 0 Å². The summed E-state index contributed by atoms with van der Waals surface area (Å²) in [6.07, 6.45) is 4.46. The highest BCUT2D eigenvalue weighted by molar-refractivity contribution is 5.54. The summed E-state index contributed by atoms with van der Waals surface area (Å²) in [6, 6.07) is 3.88. The fourth-order valence-corrected chi connectivity index (χ4v) is 2.56. The number of ether oxygens (including phenoxy) is 2. The molecule has 0 bridgehead atoms. The lowest BCUT2D eigenvalue weighted by Gasteiger charge is -2.24. The van der Waals surface area contributed by atoms with Crippen molar-refractivity contribution in [2.75, 3.05) is 13.3 Å². The van der Waals surface area contributed by atoms with E-state index < -0.39 is 0 Å². The van der Waals surface area contributed by atoms with E-state index in [4.69, 9.17) is 9.47 Å². The molecule has 1 fully saturated rings. The Morgan fingerprint density at radius 2 is 2.24 bits per heavy atom. The van der Waals surface area contributed by atoms with Crippen LogP contribution in [0.15, 0.2) is 12.1 Å². The molecule has 17 heavy (non-hydrogen) atoms. The van der Waals surface area contributed by atoms with E-state index in [9.17, 15) is 5.11 Å². The summed E-state index contributed by atoms with van der Waals surface area (Å²) in [5, 5.41) is 13.4. The summed E-state index contributed by atoms with van der Waals surface area (Å²) in [6.45, 7) is 1.32. The Balaban J connectivity index is 1.84. The Labute approximate surface area is 101 Å². The van der Waals surface area contributed by atoms with Crippen molar-refractivity contribution in [2.24, 2.45) is 0 Å². The van der Waals surface area contributed by atoms with Gasteiger partial charge in [0.2, 0.25) is 6.79 Å². The third kappa shape index (κ3) is 2.05. The van der Waals surface area contributed by atoms with Crippen molar-refractivity contribution < 1.29 is 14.6 Å². The number of phenols is 1. The van der Waals surface area contributed by atoms with Gasteiger partial charge >= 0.3 is 0 Å². The average Bonchev–Trinajstić information content (AvgIpc) is 2.83. The SMILES string of the molecule is Oc1ccc2c(c1CC1CCCCN1)OCO2. The van der Waals surface area contributed by atoms with Crippen molar-refractivity contribution in [2.45, 2.75) is 31.7 Å². The summed E-state index contributed by atoms with van der Waals surface area (Å²) in [5.41, 5.74) is 0.874. The molecule has 4 heteroatoms. The maximum absolute atomic E-state index is 9.94. The standard InChI is InChI=1S/C13H17NO3/c15-11-4-5-12-13(17-8-16-12)10(11)7-9-3-1-2-6-14-9/h4-5,9,14-15H,1-3,6-8H2. The molecule has 0 spiro atoms. The molecule has 2 aliphatic heterocycles. The summed E-state index contributed by atoms with van der Waals surface area (Å²) >= 11 is 0. The van der Waals surface area contributed by atoms with Crippen molar-refractivity contribution in [3.05, 3.63) is 17.7 Å². The molecule has 4 nitrogen and oxygen atoms in total. The third-order valence-corrected chi connectivity index (χ3v) is 3.48. The molecule has 2 aliphatic rings. The molecule has 2 heterocycles. The first-order chi connectivity index (χ1) is 8.34. The van der Waals surface area contributed by atoms with Gasteiger partial charge in [0.1, 0.15) is 5.75 Å². The van der Waals surface area contributed by atoms with Crippen LogP contribution in [0.1, 0.15) is 24.8 Å². The number of benzene rings is 1. The Hall–Kier alpha value is -1.42. The van der Waals surface area contributed by atoms with E-state index in [2.05, 4.69) is 5.32 Å².